The number of nitrogens with zero attached hydrogens (tertiary/aromatic N) is 3. The molecule has 0 saturated heterocycles. The maximum Gasteiger partial charge on any atom is 0.356 e. The monoisotopic (exact) mass is 285 g/mol. The second-order valence-electron chi connectivity index (χ2n) is 4.85. The van der Waals surface area contributed by atoms with E-state index in [9.17, 15) is 4.79 Å². The maximum absolute atomic E-state index is 11.8. The van der Waals surface area contributed by atoms with Gasteiger partial charge in [0.2, 0.25) is 0 Å². The van der Waals surface area contributed by atoms with Gasteiger partial charge in [-0.3, -0.25) is 0 Å². The van der Waals surface area contributed by atoms with E-state index in [-0.39, 0.29) is 5.70 Å². The summed E-state index contributed by atoms with van der Waals surface area (Å²) in [6, 6.07) is 7.93. The first-order chi connectivity index (χ1) is 10.1. The Hall–Kier alpha value is -2.43. The minimum Gasteiger partial charge on any atom is -0.461 e. The van der Waals surface area contributed by atoms with Crippen molar-refractivity contribution in [2.75, 3.05) is 6.61 Å². The molecule has 1 heterocycles. The van der Waals surface area contributed by atoms with Crippen molar-refractivity contribution in [2.24, 2.45) is 0 Å². The van der Waals surface area contributed by atoms with Gasteiger partial charge in [0.15, 0.2) is 0 Å². The highest BCUT2D eigenvalue weighted by Crippen LogP contribution is 2.17. The van der Waals surface area contributed by atoms with E-state index in [4.69, 9.17) is 4.74 Å². The molecular weight excluding hydrogens is 266 g/mol. The number of rotatable bonds is 6. The summed E-state index contributed by atoms with van der Waals surface area (Å²) in [6.45, 7) is 8.17. The Morgan fingerprint density at radius 3 is 2.71 bits per heavy atom. The summed E-state index contributed by atoms with van der Waals surface area (Å²) in [5, 5.41) is 7.99. The Morgan fingerprint density at radius 2 is 2.05 bits per heavy atom. The van der Waals surface area contributed by atoms with Crippen LogP contribution in [0.3, 0.4) is 0 Å². The molecule has 0 amide bonds. The van der Waals surface area contributed by atoms with Crippen molar-refractivity contribution in [3.63, 3.8) is 0 Å². The van der Waals surface area contributed by atoms with Gasteiger partial charge < -0.3 is 4.74 Å². The van der Waals surface area contributed by atoms with Crippen molar-refractivity contribution in [2.45, 2.75) is 26.7 Å². The first-order valence-corrected chi connectivity index (χ1v) is 6.97. The molecule has 1 aromatic heterocycles. The van der Waals surface area contributed by atoms with Crippen molar-refractivity contribution < 1.29 is 9.53 Å². The molecule has 0 fully saturated rings. The van der Waals surface area contributed by atoms with Gasteiger partial charge in [0.05, 0.1) is 12.8 Å². The molecule has 0 unspecified atom stereocenters. The summed E-state index contributed by atoms with van der Waals surface area (Å²) < 4.78 is 6.45. The lowest BCUT2D eigenvalue weighted by molar-refractivity contribution is -0.137. The minimum absolute atomic E-state index is 0.164. The molecule has 0 aliphatic rings. The van der Waals surface area contributed by atoms with Gasteiger partial charge >= 0.3 is 5.97 Å². The first-order valence-electron chi connectivity index (χ1n) is 6.97. The third-order valence-corrected chi connectivity index (χ3v) is 3.08. The Labute approximate surface area is 124 Å². The lowest BCUT2D eigenvalue weighted by Crippen LogP contribution is -2.12. The molecule has 0 atom stereocenters. The molecule has 2 aromatic rings. The predicted molar refractivity (Wildman–Crippen MR) is 81.4 cm³/mol. The number of hydrogen-bond donors (Lipinski definition) is 0. The molecule has 0 bridgehead atoms. The normalized spacial score (nSPS) is 10.4. The van der Waals surface area contributed by atoms with Gasteiger partial charge in [-0.25, -0.2) is 9.48 Å². The van der Waals surface area contributed by atoms with E-state index in [2.05, 4.69) is 16.9 Å². The van der Waals surface area contributed by atoms with Crippen LogP contribution in [-0.4, -0.2) is 27.6 Å². The van der Waals surface area contributed by atoms with Crippen LogP contribution in [0.5, 0.6) is 0 Å². The number of benzene rings is 1. The van der Waals surface area contributed by atoms with Gasteiger partial charge in [0, 0.05) is 5.56 Å². The number of hydrogen-bond acceptors (Lipinski definition) is 4. The average Bonchev–Trinajstić information content (AvgIpc) is 2.97. The number of esters is 1. The van der Waals surface area contributed by atoms with Gasteiger partial charge in [0.1, 0.15) is 11.4 Å². The molecule has 2 rings (SSSR count). The summed E-state index contributed by atoms with van der Waals surface area (Å²) in [4.78, 5) is 11.8. The lowest BCUT2D eigenvalue weighted by atomic mass is 10.1. The molecule has 1 aromatic carbocycles. The Balaban J connectivity index is 2.07. The first kappa shape index (κ1) is 15.0. The van der Waals surface area contributed by atoms with Crippen LogP contribution in [0, 0.1) is 6.92 Å². The molecule has 0 aliphatic carbocycles. The highest BCUT2D eigenvalue weighted by molar-refractivity contribution is 6.08. The number of unbranched alkanes of at least 4 members (excludes halogenated alkanes) is 1. The zero-order valence-electron chi connectivity index (χ0n) is 12.4. The van der Waals surface area contributed by atoms with E-state index >= 15 is 0 Å². The third kappa shape index (κ3) is 3.78. The molecule has 5 heteroatoms. The van der Waals surface area contributed by atoms with E-state index < -0.39 is 5.97 Å². The van der Waals surface area contributed by atoms with E-state index in [0.717, 1.165) is 18.4 Å². The van der Waals surface area contributed by atoms with Crippen LogP contribution in [0.1, 0.15) is 25.3 Å². The molecule has 0 spiro atoms. The summed E-state index contributed by atoms with van der Waals surface area (Å²) in [5.41, 5.74) is 2.98. The smallest absolute Gasteiger partial charge is 0.356 e. The van der Waals surface area contributed by atoms with Gasteiger partial charge in [-0.1, -0.05) is 55.0 Å². The fraction of sp³-hybridized carbons (Fsp3) is 0.312. The number of aromatic nitrogens is 3. The van der Waals surface area contributed by atoms with Crippen LogP contribution >= 0.6 is 0 Å². The second kappa shape index (κ2) is 6.83. The van der Waals surface area contributed by atoms with Crippen molar-refractivity contribution in [3.8, 4) is 11.3 Å². The largest absolute Gasteiger partial charge is 0.461 e. The summed E-state index contributed by atoms with van der Waals surface area (Å²) in [7, 11) is 0. The quantitative estimate of drug-likeness (QED) is 0.465. The van der Waals surface area contributed by atoms with Crippen LogP contribution in [0.25, 0.3) is 17.0 Å². The van der Waals surface area contributed by atoms with E-state index in [1.165, 1.54) is 10.2 Å². The number of ether oxygens (including phenoxy) is 1. The molecule has 0 N–H and O–H groups in total. The average molecular weight is 285 g/mol. The van der Waals surface area contributed by atoms with Crippen LogP contribution in [0.2, 0.25) is 0 Å². The lowest BCUT2D eigenvalue weighted by Gasteiger charge is -2.05. The van der Waals surface area contributed by atoms with Crippen molar-refractivity contribution in [3.05, 3.63) is 42.6 Å². The molecule has 110 valence electrons. The molecular formula is C16H19N3O2. The fourth-order valence-corrected chi connectivity index (χ4v) is 1.74. The van der Waals surface area contributed by atoms with Crippen LogP contribution < -0.4 is 0 Å². The van der Waals surface area contributed by atoms with Gasteiger partial charge in [0.25, 0.3) is 0 Å². The van der Waals surface area contributed by atoms with Crippen LogP contribution in [0.15, 0.2) is 37.0 Å². The maximum atomic E-state index is 11.8. The number of carbonyl (C=O) groups is 1. The third-order valence-electron chi connectivity index (χ3n) is 3.08. The SMILES string of the molecule is C=C(C(=O)OCCCC)n1cc(-c2ccc(C)cc2)nn1. The number of carbonyl (C=O) groups excluding carboxylic acids is 1. The second-order valence-corrected chi connectivity index (χ2v) is 4.85. The highest BCUT2D eigenvalue weighted by atomic mass is 16.5. The minimum atomic E-state index is -0.469. The Kier molecular flexibility index (Phi) is 4.87. The van der Waals surface area contributed by atoms with Gasteiger partial charge in [-0.05, 0) is 13.3 Å². The molecule has 21 heavy (non-hydrogen) atoms. The topological polar surface area (TPSA) is 57.0 Å². The summed E-state index contributed by atoms with van der Waals surface area (Å²) >= 11 is 0. The Morgan fingerprint density at radius 1 is 1.33 bits per heavy atom. The van der Waals surface area contributed by atoms with Crippen molar-refractivity contribution in [1.82, 2.24) is 15.0 Å². The molecule has 5 nitrogen and oxygen atoms in total. The van der Waals surface area contributed by atoms with Crippen LogP contribution in [0.4, 0.5) is 0 Å². The zero-order valence-corrected chi connectivity index (χ0v) is 12.4. The Bertz CT molecular complexity index is 629. The fourth-order valence-electron chi connectivity index (χ4n) is 1.74. The molecule has 0 radical (unpaired) electrons. The van der Waals surface area contributed by atoms with Gasteiger partial charge in [-0.15, -0.1) is 5.10 Å². The van der Waals surface area contributed by atoms with E-state index in [1.807, 2.05) is 38.1 Å². The summed E-state index contributed by atoms with van der Waals surface area (Å²) in [5.74, 6) is -0.469. The number of aryl methyl sites for hydroxylation is 1. The standard InChI is InChI=1S/C16H19N3O2/c1-4-5-10-21-16(20)13(3)19-11-15(17-18-19)14-8-6-12(2)7-9-14/h6-9,11H,3-5,10H2,1-2H3. The highest BCUT2D eigenvalue weighted by Gasteiger charge is 2.13. The van der Waals surface area contributed by atoms with Crippen molar-refractivity contribution >= 4 is 11.7 Å². The van der Waals surface area contributed by atoms with E-state index in [1.54, 1.807) is 6.20 Å². The summed E-state index contributed by atoms with van der Waals surface area (Å²) in [6.07, 6.45) is 3.49. The van der Waals surface area contributed by atoms with Crippen LogP contribution in [-0.2, 0) is 9.53 Å². The predicted octanol–water partition coefficient (Wildman–Crippen LogP) is 3.07. The zero-order chi connectivity index (χ0) is 15.2. The van der Waals surface area contributed by atoms with E-state index in [0.29, 0.717) is 12.3 Å². The van der Waals surface area contributed by atoms with Gasteiger partial charge in [-0.2, -0.15) is 0 Å². The van der Waals surface area contributed by atoms with Crippen molar-refractivity contribution in [1.29, 1.82) is 0 Å². The molecule has 0 aliphatic heterocycles. The molecule has 0 saturated carbocycles.